The number of benzene rings is 2. The zero-order valence-corrected chi connectivity index (χ0v) is 12.2. The lowest BCUT2D eigenvalue weighted by Crippen LogP contribution is -2.29. The van der Waals surface area contributed by atoms with Crippen molar-refractivity contribution in [2.45, 2.75) is 6.04 Å². The molecule has 2 aromatic carbocycles. The molecule has 0 aromatic heterocycles. The highest BCUT2D eigenvalue weighted by Crippen LogP contribution is 2.28. The average molecular weight is 343 g/mol. The molecule has 0 aliphatic carbocycles. The quantitative estimate of drug-likeness (QED) is 0.662. The van der Waals surface area contributed by atoms with Gasteiger partial charge in [-0.05, 0) is 39.7 Å². The maximum absolute atomic E-state index is 14.1. The van der Waals surface area contributed by atoms with Gasteiger partial charge >= 0.3 is 0 Å². The van der Waals surface area contributed by atoms with Gasteiger partial charge in [-0.3, -0.25) is 5.84 Å². The van der Waals surface area contributed by atoms with Crippen LogP contribution in [-0.4, -0.2) is 7.11 Å². The highest BCUT2D eigenvalue weighted by molar-refractivity contribution is 9.10. The Hall–Kier alpha value is -1.50. The minimum absolute atomic E-state index is 0.315. The van der Waals surface area contributed by atoms with E-state index in [2.05, 4.69) is 21.4 Å². The Morgan fingerprint density at radius 3 is 2.45 bits per heavy atom. The van der Waals surface area contributed by atoms with Gasteiger partial charge in [0.1, 0.15) is 17.4 Å². The van der Waals surface area contributed by atoms with Gasteiger partial charge in [0.05, 0.1) is 17.6 Å². The summed E-state index contributed by atoms with van der Waals surface area (Å²) in [6, 6.07) is 8.31. The molecule has 3 nitrogen and oxygen atoms in total. The zero-order chi connectivity index (χ0) is 14.7. The topological polar surface area (TPSA) is 47.3 Å². The van der Waals surface area contributed by atoms with Gasteiger partial charge in [-0.2, -0.15) is 0 Å². The molecule has 0 radical (unpaired) electrons. The Kier molecular flexibility index (Phi) is 4.69. The van der Waals surface area contributed by atoms with Gasteiger partial charge in [-0.1, -0.05) is 12.1 Å². The molecule has 0 saturated heterocycles. The maximum atomic E-state index is 14.1. The smallest absolute Gasteiger partial charge is 0.137 e. The molecule has 1 atom stereocenters. The third kappa shape index (κ3) is 2.98. The molecule has 0 fully saturated rings. The summed E-state index contributed by atoms with van der Waals surface area (Å²) in [5, 5.41) is 0. The van der Waals surface area contributed by atoms with Crippen molar-refractivity contribution in [1.29, 1.82) is 0 Å². The predicted molar refractivity (Wildman–Crippen MR) is 76.2 cm³/mol. The number of hydrogen-bond acceptors (Lipinski definition) is 3. The summed E-state index contributed by atoms with van der Waals surface area (Å²) in [7, 11) is 1.46. The van der Waals surface area contributed by atoms with Crippen molar-refractivity contribution < 1.29 is 13.5 Å². The highest BCUT2D eigenvalue weighted by Gasteiger charge is 2.18. The molecule has 0 spiro atoms. The summed E-state index contributed by atoms with van der Waals surface area (Å²) in [6.45, 7) is 0. The van der Waals surface area contributed by atoms with Crippen molar-refractivity contribution in [3.05, 3.63) is 63.6 Å². The first-order chi connectivity index (χ1) is 9.56. The van der Waals surface area contributed by atoms with E-state index in [9.17, 15) is 8.78 Å². The van der Waals surface area contributed by atoms with Crippen LogP contribution in [0.5, 0.6) is 5.75 Å². The van der Waals surface area contributed by atoms with Crippen LogP contribution in [0.3, 0.4) is 0 Å². The third-order valence-corrected chi connectivity index (χ3v) is 3.61. The van der Waals surface area contributed by atoms with Crippen molar-refractivity contribution in [2.75, 3.05) is 7.11 Å². The first kappa shape index (κ1) is 14.9. The van der Waals surface area contributed by atoms with Crippen LogP contribution in [0.1, 0.15) is 17.2 Å². The van der Waals surface area contributed by atoms with Crippen LogP contribution in [0.25, 0.3) is 0 Å². The molecule has 3 N–H and O–H groups in total. The largest absolute Gasteiger partial charge is 0.497 e. The second kappa shape index (κ2) is 6.30. The number of nitrogens with two attached hydrogens (primary N) is 1. The highest BCUT2D eigenvalue weighted by atomic mass is 79.9. The summed E-state index contributed by atoms with van der Waals surface area (Å²) in [4.78, 5) is 0. The van der Waals surface area contributed by atoms with Crippen molar-refractivity contribution in [3.8, 4) is 5.75 Å². The fraction of sp³-hybridized carbons (Fsp3) is 0.143. The standard InChI is InChI=1S/C14H13BrF2N2O/c1-20-9-3-4-10(12(16)7-9)14(19-18)8-2-5-11(15)13(17)6-8/h2-7,14,19H,18H2,1H3. The van der Waals surface area contributed by atoms with Crippen molar-refractivity contribution in [2.24, 2.45) is 5.84 Å². The maximum Gasteiger partial charge on any atom is 0.137 e. The molecule has 2 aromatic rings. The van der Waals surface area contributed by atoms with Crippen molar-refractivity contribution >= 4 is 15.9 Å². The number of hydrogen-bond donors (Lipinski definition) is 2. The van der Waals surface area contributed by atoms with E-state index in [0.29, 0.717) is 21.3 Å². The molecule has 0 amide bonds. The van der Waals surface area contributed by atoms with Gasteiger partial charge in [0.15, 0.2) is 0 Å². The molecule has 0 aliphatic rings. The van der Waals surface area contributed by atoms with Crippen LogP contribution in [0.4, 0.5) is 8.78 Å². The van der Waals surface area contributed by atoms with E-state index in [1.54, 1.807) is 24.3 Å². The molecule has 0 saturated carbocycles. The van der Waals surface area contributed by atoms with Crippen molar-refractivity contribution in [1.82, 2.24) is 5.43 Å². The fourth-order valence-electron chi connectivity index (χ4n) is 1.93. The molecule has 106 valence electrons. The monoisotopic (exact) mass is 342 g/mol. The Bertz CT molecular complexity index is 622. The zero-order valence-electron chi connectivity index (χ0n) is 10.7. The summed E-state index contributed by atoms with van der Waals surface area (Å²) in [6.07, 6.45) is 0. The summed E-state index contributed by atoms with van der Waals surface area (Å²) >= 11 is 3.07. The van der Waals surface area contributed by atoms with Crippen LogP contribution in [0.15, 0.2) is 40.9 Å². The van der Waals surface area contributed by atoms with Gasteiger partial charge in [-0.15, -0.1) is 0 Å². The Morgan fingerprint density at radius 2 is 1.90 bits per heavy atom. The van der Waals surface area contributed by atoms with Crippen LogP contribution >= 0.6 is 15.9 Å². The van der Waals surface area contributed by atoms with E-state index in [-0.39, 0.29) is 0 Å². The summed E-state index contributed by atoms with van der Waals surface area (Å²) in [5.74, 6) is 4.98. The number of halogens is 3. The minimum Gasteiger partial charge on any atom is -0.497 e. The third-order valence-electron chi connectivity index (χ3n) is 2.96. The molecule has 20 heavy (non-hydrogen) atoms. The van der Waals surface area contributed by atoms with Gasteiger partial charge < -0.3 is 4.74 Å². The number of rotatable bonds is 4. The van der Waals surface area contributed by atoms with Gasteiger partial charge in [0.2, 0.25) is 0 Å². The molecular weight excluding hydrogens is 330 g/mol. The van der Waals surface area contributed by atoms with E-state index in [1.165, 1.54) is 19.2 Å². The summed E-state index contributed by atoms with van der Waals surface area (Å²) < 4.78 is 32.9. The Balaban J connectivity index is 2.43. The number of ether oxygens (including phenoxy) is 1. The van der Waals surface area contributed by atoms with Crippen LogP contribution in [0, 0.1) is 11.6 Å². The van der Waals surface area contributed by atoms with E-state index >= 15 is 0 Å². The molecule has 0 aliphatic heterocycles. The lowest BCUT2D eigenvalue weighted by molar-refractivity contribution is 0.410. The first-order valence-electron chi connectivity index (χ1n) is 5.81. The molecule has 1 unspecified atom stereocenters. The minimum atomic E-state index is -0.650. The Labute approximate surface area is 123 Å². The van der Waals surface area contributed by atoms with Crippen LogP contribution in [0.2, 0.25) is 0 Å². The van der Waals surface area contributed by atoms with E-state index in [0.717, 1.165) is 0 Å². The lowest BCUT2D eigenvalue weighted by atomic mass is 9.98. The fourth-order valence-corrected chi connectivity index (χ4v) is 2.17. The second-order valence-corrected chi connectivity index (χ2v) is 5.02. The molecular formula is C14H13BrF2N2O. The van der Waals surface area contributed by atoms with E-state index in [4.69, 9.17) is 10.6 Å². The normalized spacial score (nSPS) is 12.2. The first-order valence-corrected chi connectivity index (χ1v) is 6.60. The number of nitrogens with one attached hydrogen (secondary N) is 1. The van der Waals surface area contributed by atoms with Crippen molar-refractivity contribution in [3.63, 3.8) is 0 Å². The van der Waals surface area contributed by atoms with Crippen LogP contribution < -0.4 is 16.0 Å². The molecule has 0 heterocycles. The Morgan fingerprint density at radius 1 is 1.15 bits per heavy atom. The van der Waals surface area contributed by atoms with E-state index in [1.807, 2.05) is 0 Å². The molecule has 6 heteroatoms. The van der Waals surface area contributed by atoms with Gasteiger partial charge in [-0.25, -0.2) is 14.2 Å². The second-order valence-electron chi connectivity index (χ2n) is 4.16. The average Bonchev–Trinajstić information content (AvgIpc) is 2.45. The molecule has 2 rings (SSSR count). The lowest BCUT2D eigenvalue weighted by Gasteiger charge is -2.18. The SMILES string of the molecule is COc1ccc(C(NN)c2ccc(Br)c(F)c2)c(F)c1. The van der Waals surface area contributed by atoms with Gasteiger partial charge in [0, 0.05) is 11.6 Å². The predicted octanol–water partition coefficient (Wildman–Crippen LogP) is 3.29. The van der Waals surface area contributed by atoms with E-state index < -0.39 is 17.7 Å². The van der Waals surface area contributed by atoms with Gasteiger partial charge in [0.25, 0.3) is 0 Å². The number of methoxy groups -OCH3 is 1. The number of hydrazine groups is 1. The van der Waals surface area contributed by atoms with Crippen LogP contribution in [-0.2, 0) is 0 Å². The molecule has 0 bridgehead atoms. The summed E-state index contributed by atoms with van der Waals surface area (Å²) in [5.41, 5.74) is 3.34.